The predicted molar refractivity (Wildman–Crippen MR) is 81.9 cm³/mol. The Balaban J connectivity index is 1.88. The molecule has 0 saturated heterocycles. The summed E-state index contributed by atoms with van der Waals surface area (Å²) in [7, 11) is 0. The van der Waals surface area contributed by atoms with Gasteiger partial charge in [-0.2, -0.15) is 0 Å². The van der Waals surface area contributed by atoms with Gasteiger partial charge in [0.25, 0.3) is 0 Å². The van der Waals surface area contributed by atoms with E-state index >= 15 is 0 Å². The lowest BCUT2D eigenvalue weighted by Crippen LogP contribution is -2.24. The topological polar surface area (TPSA) is 37.8 Å². The molecule has 0 aliphatic heterocycles. The Labute approximate surface area is 122 Å². The van der Waals surface area contributed by atoms with Crippen LogP contribution in [-0.2, 0) is 6.42 Å². The molecule has 1 unspecified atom stereocenters. The van der Waals surface area contributed by atoms with Crippen LogP contribution in [0.5, 0.6) is 0 Å². The van der Waals surface area contributed by atoms with E-state index in [0.29, 0.717) is 6.04 Å². The molecule has 0 aromatic carbocycles. The molecule has 0 fully saturated rings. The Kier molecular flexibility index (Phi) is 3.96. The maximum Gasteiger partial charge on any atom is 0.152 e. The van der Waals surface area contributed by atoms with Gasteiger partial charge in [0.2, 0.25) is 0 Å². The number of aryl methyl sites for hydroxylation is 2. The summed E-state index contributed by atoms with van der Waals surface area (Å²) in [6.07, 6.45) is 4.80. The molecule has 0 amide bonds. The van der Waals surface area contributed by atoms with Gasteiger partial charge in [-0.1, -0.05) is 6.92 Å². The number of nitrogens with one attached hydrogen (secondary N) is 1. The third-order valence-electron chi connectivity index (χ3n) is 3.39. The summed E-state index contributed by atoms with van der Waals surface area (Å²) in [5.74, 6) is 0. The van der Waals surface area contributed by atoms with Gasteiger partial charge in [0.1, 0.15) is 0 Å². The van der Waals surface area contributed by atoms with Gasteiger partial charge in [0.05, 0.1) is 5.69 Å². The molecule has 1 N–H and O–H groups in total. The number of nitrogens with zero attached hydrogens (tertiary/aromatic N) is 2. The Morgan fingerprint density at radius 2 is 2.26 bits per heavy atom. The van der Waals surface area contributed by atoms with Gasteiger partial charge in [0, 0.05) is 22.0 Å². The first-order valence-corrected chi connectivity index (χ1v) is 8.63. The van der Waals surface area contributed by atoms with Gasteiger partial charge in [0.15, 0.2) is 10.0 Å². The SMILES string of the molecule is CCCNC1CCCc2nc(-c3nc(C)cs3)sc21. The van der Waals surface area contributed by atoms with Crippen LogP contribution in [0.1, 0.15) is 48.5 Å². The Morgan fingerprint density at radius 3 is 3.00 bits per heavy atom. The summed E-state index contributed by atoms with van der Waals surface area (Å²) >= 11 is 3.54. The largest absolute Gasteiger partial charge is 0.309 e. The molecule has 0 spiro atoms. The maximum atomic E-state index is 4.82. The van der Waals surface area contributed by atoms with Crippen molar-refractivity contribution in [3.05, 3.63) is 21.6 Å². The smallest absolute Gasteiger partial charge is 0.152 e. The van der Waals surface area contributed by atoms with E-state index in [4.69, 9.17) is 4.98 Å². The van der Waals surface area contributed by atoms with Crippen LogP contribution in [0.2, 0.25) is 0 Å². The zero-order chi connectivity index (χ0) is 13.2. The van der Waals surface area contributed by atoms with Crippen molar-refractivity contribution < 1.29 is 0 Å². The van der Waals surface area contributed by atoms with E-state index < -0.39 is 0 Å². The van der Waals surface area contributed by atoms with Gasteiger partial charge < -0.3 is 5.32 Å². The minimum Gasteiger partial charge on any atom is -0.309 e. The van der Waals surface area contributed by atoms with E-state index in [2.05, 4.69) is 22.6 Å². The van der Waals surface area contributed by atoms with E-state index in [0.717, 1.165) is 28.7 Å². The summed E-state index contributed by atoms with van der Waals surface area (Å²) in [4.78, 5) is 10.8. The van der Waals surface area contributed by atoms with Crippen LogP contribution in [0.25, 0.3) is 10.0 Å². The van der Waals surface area contributed by atoms with E-state index in [1.165, 1.54) is 29.8 Å². The molecule has 3 nitrogen and oxygen atoms in total. The van der Waals surface area contributed by atoms with Crippen molar-refractivity contribution >= 4 is 22.7 Å². The van der Waals surface area contributed by atoms with Gasteiger partial charge >= 0.3 is 0 Å². The first-order valence-electron chi connectivity index (χ1n) is 6.93. The molecular weight excluding hydrogens is 274 g/mol. The third-order valence-corrected chi connectivity index (χ3v) is 5.71. The summed E-state index contributed by atoms with van der Waals surface area (Å²) in [5.41, 5.74) is 2.39. The maximum absolute atomic E-state index is 4.82. The summed E-state index contributed by atoms with van der Waals surface area (Å²) in [6.45, 7) is 5.35. The number of fused-ring (bicyclic) bond motifs is 1. The van der Waals surface area contributed by atoms with E-state index in [9.17, 15) is 0 Å². The molecule has 3 rings (SSSR count). The highest BCUT2D eigenvalue weighted by molar-refractivity contribution is 7.20. The monoisotopic (exact) mass is 293 g/mol. The van der Waals surface area contributed by atoms with Crippen molar-refractivity contribution in [1.82, 2.24) is 15.3 Å². The molecule has 0 bridgehead atoms. The first kappa shape index (κ1) is 13.2. The second-order valence-corrected chi connectivity index (χ2v) is 6.91. The third kappa shape index (κ3) is 2.73. The zero-order valence-corrected chi connectivity index (χ0v) is 13.0. The molecule has 1 aliphatic rings. The molecule has 102 valence electrons. The molecule has 5 heteroatoms. The van der Waals surface area contributed by atoms with Gasteiger partial charge in [-0.05, 0) is 39.2 Å². The highest BCUT2D eigenvalue weighted by atomic mass is 32.1. The molecular formula is C14H19N3S2. The fourth-order valence-corrected chi connectivity index (χ4v) is 4.53. The highest BCUT2D eigenvalue weighted by Crippen LogP contribution is 2.38. The van der Waals surface area contributed by atoms with E-state index in [1.807, 2.05) is 18.3 Å². The zero-order valence-electron chi connectivity index (χ0n) is 11.4. The average molecular weight is 293 g/mol. The predicted octanol–water partition coefficient (Wildman–Crippen LogP) is 3.95. The molecule has 0 saturated carbocycles. The molecule has 0 radical (unpaired) electrons. The summed E-state index contributed by atoms with van der Waals surface area (Å²) < 4.78 is 0. The molecule has 19 heavy (non-hydrogen) atoms. The normalized spacial score (nSPS) is 18.5. The minimum atomic E-state index is 0.510. The molecule has 2 aromatic heterocycles. The van der Waals surface area contributed by atoms with Crippen molar-refractivity contribution in [2.24, 2.45) is 0 Å². The van der Waals surface area contributed by atoms with Crippen molar-refractivity contribution in [2.75, 3.05) is 6.54 Å². The van der Waals surface area contributed by atoms with E-state index in [1.54, 1.807) is 11.3 Å². The Morgan fingerprint density at radius 1 is 1.37 bits per heavy atom. The second-order valence-electron chi connectivity index (χ2n) is 5.02. The van der Waals surface area contributed by atoms with Gasteiger partial charge in [-0.3, -0.25) is 0 Å². The van der Waals surface area contributed by atoms with Crippen molar-refractivity contribution in [3.63, 3.8) is 0 Å². The first-order chi connectivity index (χ1) is 9.28. The lowest BCUT2D eigenvalue weighted by molar-refractivity contribution is 0.465. The molecule has 1 atom stereocenters. The highest BCUT2D eigenvalue weighted by Gasteiger charge is 2.25. The van der Waals surface area contributed by atoms with Gasteiger partial charge in [-0.15, -0.1) is 22.7 Å². The number of thiazole rings is 2. The number of hydrogen-bond donors (Lipinski definition) is 1. The van der Waals surface area contributed by atoms with Crippen molar-refractivity contribution in [1.29, 1.82) is 0 Å². The van der Waals surface area contributed by atoms with Crippen LogP contribution in [0.4, 0.5) is 0 Å². The van der Waals surface area contributed by atoms with Crippen molar-refractivity contribution in [2.45, 2.75) is 45.6 Å². The standard InChI is InChI=1S/C14H19N3S2/c1-3-7-15-10-5-4-6-11-12(10)19-14(17-11)13-16-9(2)8-18-13/h8,10,15H,3-7H2,1-2H3. The average Bonchev–Trinajstić information content (AvgIpc) is 3.02. The summed E-state index contributed by atoms with van der Waals surface area (Å²) in [5, 5.41) is 7.93. The lowest BCUT2D eigenvalue weighted by Gasteiger charge is -2.22. The minimum absolute atomic E-state index is 0.510. The summed E-state index contributed by atoms with van der Waals surface area (Å²) in [6, 6.07) is 0.510. The number of rotatable bonds is 4. The quantitative estimate of drug-likeness (QED) is 0.927. The van der Waals surface area contributed by atoms with Crippen LogP contribution in [0.3, 0.4) is 0 Å². The van der Waals surface area contributed by atoms with Crippen LogP contribution < -0.4 is 5.32 Å². The molecule has 2 aromatic rings. The van der Waals surface area contributed by atoms with E-state index in [-0.39, 0.29) is 0 Å². The Bertz CT molecular complexity index is 559. The van der Waals surface area contributed by atoms with Crippen LogP contribution in [-0.4, -0.2) is 16.5 Å². The number of aromatic nitrogens is 2. The van der Waals surface area contributed by atoms with Crippen molar-refractivity contribution in [3.8, 4) is 10.0 Å². The van der Waals surface area contributed by atoms with Crippen LogP contribution in [0, 0.1) is 6.92 Å². The van der Waals surface area contributed by atoms with Crippen LogP contribution in [0.15, 0.2) is 5.38 Å². The second kappa shape index (κ2) is 5.69. The lowest BCUT2D eigenvalue weighted by atomic mass is 9.98. The Hall–Kier alpha value is -0.780. The fraction of sp³-hybridized carbons (Fsp3) is 0.571. The van der Waals surface area contributed by atoms with Crippen LogP contribution >= 0.6 is 22.7 Å². The van der Waals surface area contributed by atoms with Gasteiger partial charge in [-0.25, -0.2) is 9.97 Å². The molecule has 2 heterocycles. The molecule has 1 aliphatic carbocycles. The fourth-order valence-electron chi connectivity index (χ4n) is 2.48. The number of hydrogen-bond acceptors (Lipinski definition) is 5.